The Morgan fingerprint density at radius 3 is 2.46 bits per heavy atom. The number of carbonyl (C=O) groups excluding carboxylic acids is 2. The summed E-state index contributed by atoms with van der Waals surface area (Å²) in [5.41, 5.74) is 7.63. The van der Waals surface area contributed by atoms with E-state index < -0.39 is 5.91 Å². The molecule has 6 heteroatoms. The minimum absolute atomic E-state index is 0.165. The number of methoxy groups -OCH3 is 1. The quantitative estimate of drug-likeness (QED) is 0.811. The van der Waals surface area contributed by atoms with Crippen LogP contribution in [0.15, 0.2) is 42.5 Å². The number of aryl methyl sites for hydroxylation is 1. The predicted octanol–water partition coefficient (Wildman–Crippen LogP) is 1.80. The zero-order valence-electron chi connectivity index (χ0n) is 13.7. The average molecular weight is 328 g/mol. The molecule has 2 aromatic rings. The molecule has 24 heavy (non-hydrogen) atoms. The summed E-state index contributed by atoms with van der Waals surface area (Å²) in [6, 6.07) is 12.6. The normalized spacial score (nSPS) is 10.1. The standard InChI is InChI=1S/C18H20N2O4/c1-12-6-8-13(9-7-12)10-20-16(21)11-24-17-14(18(19)22)4-3-5-15(17)23-2/h3-9H,10-11H2,1-2H3,(H2,19,22)(H,20,21). The van der Waals surface area contributed by atoms with Crippen LogP contribution in [0.3, 0.4) is 0 Å². The maximum atomic E-state index is 11.9. The van der Waals surface area contributed by atoms with Crippen LogP contribution in [-0.2, 0) is 11.3 Å². The van der Waals surface area contributed by atoms with Crippen LogP contribution in [-0.4, -0.2) is 25.5 Å². The van der Waals surface area contributed by atoms with Crippen LogP contribution < -0.4 is 20.5 Å². The van der Waals surface area contributed by atoms with Crippen molar-refractivity contribution in [3.63, 3.8) is 0 Å². The molecule has 0 saturated heterocycles. The van der Waals surface area contributed by atoms with Crippen LogP contribution in [0.5, 0.6) is 11.5 Å². The van der Waals surface area contributed by atoms with E-state index in [-0.39, 0.29) is 23.8 Å². The second-order valence-corrected chi connectivity index (χ2v) is 5.25. The first-order chi connectivity index (χ1) is 11.5. The van der Waals surface area contributed by atoms with Crippen molar-refractivity contribution in [3.05, 3.63) is 59.2 Å². The highest BCUT2D eigenvalue weighted by Crippen LogP contribution is 2.30. The highest BCUT2D eigenvalue weighted by Gasteiger charge is 2.16. The maximum absolute atomic E-state index is 11.9. The lowest BCUT2D eigenvalue weighted by Gasteiger charge is -2.13. The number of nitrogens with two attached hydrogens (primary N) is 1. The van der Waals surface area contributed by atoms with Crippen molar-refractivity contribution in [3.8, 4) is 11.5 Å². The van der Waals surface area contributed by atoms with E-state index in [9.17, 15) is 9.59 Å². The van der Waals surface area contributed by atoms with Gasteiger partial charge in [0.1, 0.15) is 0 Å². The highest BCUT2D eigenvalue weighted by atomic mass is 16.5. The first kappa shape index (κ1) is 17.3. The maximum Gasteiger partial charge on any atom is 0.258 e. The van der Waals surface area contributed by atoms with E-state index >= 15 is 0 Å². The number of hydrogen-bond donors (Lipinski definition) is 2. The van der Waals surface area contributed by atoms with E-state index in [1.807, 2.05) is 31.2 Å². The number of benzene rings is 2. The van der Waals surface area contributed by atoms with E-state index in [4.69, 9.17) is 15.2 Å². The summed E-state index contributed by atoms with van der Waals surface area (Å²) in [4.78, 5) is 23.4. The number of primary amides is 1. The molecule has 2 amide bonds. The average Bonchev–Trinajstić information content (AvgIpc) is 2.58. The second kappa shape index (κ2) is 8.01. The third-order valence-electron chi connectivity index (χ3n) is 3.42. The van der Waals surface area contributed by atoms with E-state index in [0.29, 0.717) is 12.3 Å². The van der Waals surface area contributed by atoms with E-state index in [2.05, 4.69) is 5.32 Å². The molecule has 0 aliphatic rings. The monoisotopic (exact) mass is 328 g/mol. The van der Waals surface area contributed by atoms with Crippen LogP contribution in [0, 0.1) is 6.92 Å². The van der Waals surface area contributed by atoms with Crippen LogP contribution in [0.4, 0.5) is 0 Å². The van der Waals surface area contributed by atoms with Gasteiger partial charge < -0.3 is 20.5 Å². The first-order valence-electron chi connectivity index (χ1n) is 7.43. The summed E-state index contributed by atoms with van der Waals surface area (Å²) in [6.45, 7) is 2.16. The highest BCUT2D eigenvalue weighted by molar-refractivity contribution is 5.96. The van der Waals surface area contributed by atoms with Gasteiger partial charge in [-0.3, -0.25) is 9.59 Å². The molecule has 2 aromatic carbocycles. The lowest BCUT2D eigenvalue weighted by Crippen LogP contribution is -2.29. The molecule has 0 aliphatic carbocycles. The van der Waals surface area contributed by atoms with Crippen molar-refractivity contribution in [2.45, 2.75) is 13.5 Å². The van der Waals surface area contributed by atoms with Gasteiger partial charge in [-0.15, -0.1) is 0 Å². The Kier molecular flexibility index (Phi) is 5.78. The summed E-state index contributed by atoms with van der Waals surface area (Å²) in [7, 11) is 1.45. The van der Waals surface area contributed by atoms with Gasteiger partial charge in [-0.2, -0.15) is 0 Å². The summed E-state index contributed by atoms with van der Waals surface area (Å²) < 4.78 is 10.6. The van der Waals surface area contributed by atoms with Gasteiger partial charge in [-0.1, -0.05) is 35.9 Å². The molecule has 0 aromatic heterocycles. The lowest BCUT2D eigenvalue weighted by atomic mass is 10.1. The summed E-state index contributed by atoms with van der Waals surface area (Å²) in [5, 5.41) is 2.75. The Balaban J connectivity index is 1.96. The van der Waals surface area contributed by atoms with Crippen molar-refractivity contribution in [1.82, 2.24) is 5.32 Å². The molecule has 0 radical (unpaired) electrons. The van der Waals surface area contributed by atoms with Crippen molar-refractivity contribution < 1.29 is 19.1 Å². The Hall–Kier alpha value is -3.02. The summed E-state index contributed by atoms with van der Waals surface area (Å²) in [6.07, 6.45) is 0. The zero-order valence-corrected chi connectivity index (χ0v) is 13.7. The van der Waals surface area contributed by atoms with E-state index in [1.165, 1.54) is 13.2 Å². The third kappa shape index (κ3) is 4.49. The lowest BCUT2D eigenvalue weighted by molar-refractivity contribution is -0.123. The van der Waals surface area contributed by atoms with E-state index in [0.717, 1.165) is 11.1 Å². The molecular formula is C18H20N2O4. The summed E-state index contributed by atoms with van der Waals surface area (Å²) in [5.74, 6) is -0.448. The molecule has 0 fully saturated rings. The largest absolute Gasteiger partial charge is 0.493 e. The molecule has 126 valence electrons. The third-order valence-corrected chi connectivity index (χ3v) is 3.42. The molecule has 6 nitrogen and oxygen atoms in total. The van der Waals surface area contributed by atoms with Gasteiger partial charge in [0.2, 0.25) is 0 Å². The molecular weight excluding hydrogens is 308 g/mol. The summed E-state index contributed by atoms with van der Waals surface area (Å²) >= 11 is 0. The van der Waals surface area contributed by atoms with Crippen molar-refractivity contribution in [1.29, 1.82) is 0 Å². The molecule has 0 spiro atoms. The van der Waals surface area contributed by atoms with Crippen molar-refractivity contribution in [2.24, 2.45) is 5.73 Å². The molecule has 0 unspecified atom stereocenters. The second-order valence-electron chi connectivity index (χ2n) is 5.25. The molecule has 3 N–H and O–H groups in total. The van der Waals surface area contributed by atoms with Crippen LogP contribution >= 0.6 is 0 Å². The van der Waals surface area contributed by atoms with Crippen LogP contribution in [0.25, 0.3) is 0 Å². The number of amides is 2. The minimum Gasteiger partial charge on any atom is -0.493 e. The Labute approximate surface area is 140 Å². The van der Waals surface area contributed by atoms with Crippen LogP contribution in [0.1, 0.15) is 21.5 Å². The smallest absolute Gasteiger partial charge is 0.258 e. The van der Waals surface area contributed by atoms with Gasteiger partial charge in [0.15, 0.2) is 18.1 Å². The van der Waals surface area contributed by atoms with E-state index in [1.54, 1.807) is 12.1 Å². The number of carbonyl (C=O) groups is 2. The number of nitrogens with one attached hydrogen (secondary N) is 1. The van der Waals surface area contributed by atoms with Gasteiger partial charge in [0.05, 0.1) is 12.7 Å². The molecule has 2 rings (SSSR count). The fraction of sp³-hybridized carbons (Fsp3) is 0.222. The fourth-order valence-electron chi connectivity index (χ4n) is 2.11. The van der Waals surface area contributed by atoms with Gasteiger partial charge >= 0.3 is 0 Å². The first-order valence-corrected chi connectivity index (χ1v) is 7.43. The number of ether oxygens (including phenoxy) is 2. The number of para-hydroxylation sites is 1. The SMILES string of the molecule is COc1cccc(C(N)=O)c1OCC(=O)NCc1ccc(C)cc1. The Bertz CT molecular complexity index is 726. The predicted molar refractivity (Wildman–Crippen MR) is 90.0 cm³/mol. The molecule has 0 saturated carbocycles. The van der Waals surface area contributed by atoms with Gasteiger partial charge in [0, 0.05) is 6.54 Å². The number of rotatable bonds is 7. The topological polar surface area (TPSA) is 90.7 Å². The van der Waals surface area contributed by atoms with Crippen molar-refractivity contribution >= 4 is 11.8 Å². The fourth-order valence-corrected chi connectivity index (χ4v) is 2.11. The Morgan fingerprint density at radius 2 is 1.83 bits per heavy atom. The Morgan fingerprint density at radius 1 is 1.12 bits per heavy atom. The minimum atomic E-state index is -0.649. The van der Waals surface area contributed by atoms with Gasteiger partial charge in [-0.05, 0) is 24.6 Å². The van der Waals surface area contributed by atoms with Gasteiger partial charge in [-0.25, -0.2) is 0 Å². The van der Waals surface area contributed by atoms with Crippen molar-refractivity contribution in [2.75, 3.05) is 13.7 Å². The van der Waals surface area contributed by atoms with Crippen LogP contribution in [0.2, 0.25) is 0 Å². The van der Waals surface area contributed by atoms with Gasteiger partial charge in [0.25, 0.3) is 11.8 Å². The zero-order chi connectivity index (χ0) is 17.5. The molecule has 0 bridgehead atoms. The number of hydrogen-bond acceptors (Lipinski definition) is 4. The molecule has 0 atom stereocenters. The molecule has 0 aliphatic heterocycles. The molecule has 0 heterocycles.